The SMILES string of the molecule is Cn1cncc1-c1c(C(=O)O)nnn1C1CCCOC1. The van der Waals surface area contributed by atoms with Crippen LogP contribution in [-0.4, -0.2) is 48.8 Å². The maximum atomic E-state index is 11.3. The summed E-state index contributed by atoms with van der Waals surface area (Å²) < 4.78 is 8.86. The molecule has 1 unspecified atom stereocenters. The number of aryl methyl sites for hydroxylation is 1. The van der Waals surface area contributed by atoms with Crippen LogP contribution in [0.15, 0.2) is 12.5 Å². The maximum Gasteiger partial charge on any atom is 0.358 e. The van der Waals surface area contributed by atoms with E-state index in [1.807, 2.05) is 7.05 Å². The third-order valence-electron chi connectivity index (χ3n) is 3.44. The van der Waals surface area contributed by atoms with E-state index in [9.17, 15) is 9.90 Å². The first kappa shape index (κ1) is 12.8. The molecule has 0 bridgehead atoms. The van der Waals surface area contributed by atoms with Gasteiger partial charge in [-0.2, -0.15) is 0 Å². The monoisotopic (exact) mass is 277 g/mol. The molecule has 8 nitrogen and oxygen atoms in total. The van der Waals surface area contributed by atoms with E-state index in [0.717, 1.165) is 19.4 Å². The van der Waals surface area contributed by atoms with Crippen molar-refractivity contribution in [1.29, 1.82) is 0 Å². The Balaban J connectivity index is 2.11. The molecule has 2 aromatic rings. The number of aromatic carboxylic acids is 1. The minimum absolute atomic E-state index is 0.00856. The van der Waals surface area contributed by atoms with Gasteiger partial charge in [0.05, 0.1) is 30.9 Å². The highest BCUT2D eigenvalue weighted by Gasteiger charge is 2.27. The van der Waals surface area contributed by atoms with E-state index in [4.69, 9.17) is 4.74 Å². The highest BCUT2D eigenvalue weighted by Crippen LogP contribution is 2.28. The van der Waals surface area contributed by atoms with Crippen LogP contribution in [0, 0.1) is 0 Å². The van der Waals surface area contributed by atoms with Gasteiger partial charge in [-0.25, -0.2) is 14.5 Å². The van der Waals surface area contributed by atoms with Crippen molar-refractivity contribution in [2.45, 2.75) is 18.9 Å². The number of rotatable bonds is 3. The van der Waals surface area contributed by atoms with E-state index in [0.29, 0.717) is 18.0 Å². The van der Waals surface area contributed by atoms with Gasteiger partial charge in [0, 0.05) is 13.7 Å². The van der Waals surface area contributed by atoms with Crippen molar-refractivity contribution in [1.82, 2.24) is 24.5 Å². The number of carboxylic acids is 1. The summed E-state index contributed by atoms with van der Waals surface area (Å²) in [4.78, 5) is 15.4. The molecule has 1 fully saturated rings. The first-order valence-corrected chi connectivity index (χ1v) is 6.41. The number of carbonyl (C=O) groups is 1. The van der Waals surface area contributed by atoms with Gasteiger partial charge in [0.2, 0.25) is 0 Å². The Bertz CT molecular complexity index is 627. The van der Waals surface area contributed by atoms with Crippen LogP contribution in [0.3, 0.4) is 0 Å². The van der Waals surface area contributed by atoms with Gasteiger partial charge in [-0.1, -0.05) is 5.21 Å². The van der Waals surface area contributed by atoms with E-state index in [1.54, 1.807) is 21.8 Å². The lowest BCUT2D eigenvalue weighted by atomic mass is 10.1. The van der Waals surface area contributed by atoms with Crippen LogP contribution in [0.2, 0.25) is 0 Å². The Hall–Kier alpha value is -2.22. The van der Waals surface area contributed by atoms with E-state index in [2.05, 4.69) is 15.3 Å². The molecule has 0 amide bonds. The minimum atomic E-state index is -1.09. The number of carboxylic acid groups (broad SMARTS) is 1. The quantitative estimate of drug-likeness (QED) is 0.888. The summed E-state index contributed by atoms with van der Waals surface area (Å²) in [5.74, 6) is -1.09. The topological polar surface area (TPSA) is 95.1 Å². The van der Waals surface area contributed by atoms with Gasteiger partial charge in [-0.3, -0.25) is 0 Å². The lowest BCUT2D eigenvalue weighted by Crippen LogP contribution is -2.23. The number of hydrogen-bond acceptors (Lipinski definition) is 5. The van der Waals surface area contributed by atoms with Gasteiger partial charge in [0.25, 0.3) is 0 Å². The molecule has 3 heterocycles. The zero-order chi connectivity index (χ0) is 14.1. The smallest absolute Gasteiger partial charge is 0.358 e. The molecule has 1 atom stereocenters. The van der Waals surface area contributed by atoms with E-state index in [-0.39, 0.29) is 11.7 Å². The Morgan fingerprint density at radius 1 is 1.55 bits per heavy atom. The van der Waals surface area contributed by atoms with Crippen LogP contribution < -0.4 is 0 Å². The number of imidazole rings is 1. The van der Waals surface area contributed by atoms with Gasteiger partial charge in [-0.15, -0.1) is 5.10 Å². The first-order chi connectivity index (χ1) is 9.68. The molecule has 3 rings (SSSR count). The Kier molecular flexibility index (Phi) is 3.23. The molecule has 1 aliphatic heterocycles. The molecule has 1 N–H and O–H groups in total. The van der Waals surface area contributed by atoms with Crippen molar-refractivity contribution in [3.8, 4) is 11.4 Å². The average molecular weight is 277 g/mol. The Morgan fingerprint density at radius 3 is 3.00 bits per heavy atom. The molecule has 106 valence electrons. The summed E-state index contributed by atoms with van der Waals surface area (Å²) in [6.07, 6.45) is 5.06. The second kappa shape index (κ2) is 5.04. The number of aromatic nitrogens is 5. The number of nitrogens with zero attached hydrogens (tertiary/aromatic N) is 5. The van der Waals surface area contributed by atoms with Crippen molar-refractivity contribution < 1.29 is 14.6 Å². The fraction of sp³-hybridized carbons (Fsp3) is 0.500. The normalized spacial score (nSPS) is 19.1. The summed E-state index contributed by atoms with van der Waals surface area (Å²) in [5.41, 5.74) is 1.10. The van der Waals surface area contributed by atoms with Crippen molar-refractivity contribution >= 4 is 5.97 Å². The maximum absolute atomic E-state index is 11.3. The first-order valence-electron chi connectivity index (χ1n) is 6.41. The molecule has 0 aliphatic carbocycles. The van der Waals surface area contributed by atoms with Crippen LogP contribution in [0.25, 0.3) is 11.4 Å². The van der Waals surface area contributed by atoms with Gasteiger partial charge in [0.15, 0.2) is 5.69 Å². The predicted molar refractivity (Wildman–Crippen MR) is 68.3 cm³/mol. The van der Waals surface area contributed by atoms with Gasteiger partial charge < -0.3 is 14.4 Å². The predicted octanol–water partition coefficient (Wildman–Crippen LogP) is 0.728. The van der Waals surface area contributed by atoms with Crippen LogP contribution in [0.4, 0.5) is 0 Å². The molecule has 8 heteroatoms. The van der Waals surface area contributed by atoms with Crippen LogP contribution in [0.1, 0.15) is 29.4 Å². The zero-order valence-electron chi connectivity index (χ0n) is 11.1. The lowest BCUT2D eigenvalue weighted by molar-refractivity contribution is 0.0548. The van der Waals surface area contributed by atoms with E-state index < -0.39 is 5.97 Å². The molecule has 20 heavy (non-hydrogen) atoms. The average Bonchev–Trinajstić information content (AvgIpc) is 3.05. The molecule has 1 saturated heterocycles. The third kappa shape index (κ3) is 2.07. The fourth-order valence-electron chi connectivity index (χ4n) is 2.43. The van der Waals surface area contributed by atoms with Crippen molar-refractivity contribution in [2.75, 3.05) is 13.2 Å². The minimum Gasteiger partial charge on any atom is -0.476 e. The van der Waals surface area contributed by atoms with Crippen LogP contribution in [-0.2, 0) is 11.8 Å². The summed E-state index contributed by atoms with van der Waals surface area (Å²) >= 11 is 0. The second-order valence-corrected chi connectivity index (χ2v) is 4.80. The second-order valence-electron chi connectivity index (χ2n) is 4.80. The van der Waals surface area contributed by atoms with Crippen molar-refractivity contribution in [3.05, 3.63) is 18.2 Å². The molecule has 0 spiro atoms. The lowest BCUT2D eigenvalue weighted by Gasteiger charge is -2.23. The number of hydrogen-bond donors (Lipinski definition) is 1. The van der Waals surface area contributed by atoms with Gasteiger partial charge in [0.1, 0.15) is 5.69 Å². The standard InChI is InChI=1S/C12H15N5O3/c1-16-7-13-5-9(16)11-10(12(18)19)14-15-17(11)8-3-2-4-20-6-8/h5,7-8H,2-4,6H2,1H3,(H,18,19). The molecular weight excluding hydrogens is 262 g/mol. The van der Waals surface area contributed by atoms with E-state index >= 15 is 0 Å². The molecule has 2 aromatic heterocycles. The third-order valence-corrected chi connectivity index (χ3v) is 3.44. The molecule has 0 saturated carbocycles. The molecule has 0 radical (unpaired) electrons. The van der Waals surface area contributed by atoms with Crippen LogP contribution >= 0.6 is 0 Å². The largest absolute Gasteiger partial charge is 0.476 e. The highest BCUT2D eigenvalue weighted by atomic mass is 16.5. The zero-order valence-corrected chi connectivity index (χ0v) is 11.1. The number of ether oxygens (including phenoxy) is 1. The van der Waals surface area contributed by atoms with Gasteiger partial charge >= 0.3 is 5.97 Å². The molecular formula is C12H15N5O3. The van der Waals surface area contributed by atoms with Gasteiger partial charge in [-0.05, 0) is 12.8 Å². The fourth-order valence-corrected chi connectivity index (χ4v) is 2.43. The summed E-state index contributed by atoms with van der Waals surface area (Å²) in [6, 6.07) is 0.00856. The molecule has 0 aromatic carbocycles. The summed E-state index contributed by atoms with van der Waals surface area (Å²) in [6.45, 7) is 1.26. The van der Waals surface area contributed by atoms with Crippen LogP contribution in [0.5, 0.6) is 0 Å². The Labute approximate surface area is 115 Å². The molecule has 1 aliphatic rings. The summed E-state index contributed by atoms with van der Waals surface area (Å²) in [7, 11) is 1.81. The van der Waals surface area contributed by atoms with Crippen molar-refractivity contribution in [2.24, 2.45) is 7.05 Å². The Morgan fingerprint density at radius 2 is 2.40 bits per heavy atom. The summed E-state index contributed by atoms with van der Waals surface area (Å²) in [5, 5.41) is 17.1. The van der Waals surface area contributed by atoms with E-state index in [1.165, 1.54) is 0 Å². The van der Waals surface area contributed by atoms with Crippen molar-refractivity contribution in [3.63, 3.8) is 0 Å². The highest BCUT2D eigenvalue weighted by molar-refractivity contribution is 5.92.